The van der Waals surface area contributed by atoms with Crippen LogP contribution in [0.25, 0.3) is 0 Å². The van der Waals surface area contributed by atoms with E-state index in [-0.39, 0.29) is 6.10 Å². The van der Waals surface area contributed by atoms with E-state index < -0.39 is 0 Å². The van der Waals surface area contributed by atoms with Crippen LogP contribution in [0.3, 0.4) is 0 Å². The van der Waals surface area contributed by atoms with E-state index in [0.717, 1.165) is 10.2 Å². The number of pyridine rings is 1. The van der Waals surface area contributed by atoms with Gasteiger partial charge in [-0.15, -0.1) is 0 Å². The lowest BCUT2D eigenvalue weighted by atomic mass is 10.3. The van der Waals surface area contributed by atoms with Gasteiger partial charge in [0.1, 0.15) is 11.5 Å². The van der Waals surface area contributed by atoms with E-state index in [1.807, 2.05) is 26.0 Å². The number of nitrogen functional groups attached to an aromatic ring is 1. The van der Waals surface area contributed by atoms with Crippen molar-refractivity contribution in [3.05, 3.63) is 34.8 Å². The fraction of sp³-hybridized carbons (Fsp3) is 0.267. The molecule has 1 aromatic heterocycles. The van der Waals surface area contributed by atoms with Crippen LogP contribution in [0.4, 0.5) is 5.69 Å². The van der Waals surface area contributed by atoms with Crippen molar-refractivity contribution in [3.63, 3.8) is 0 Å². The van der Waals surface area contributed by atoms with Crippen molar-refractivity contribution in [2.45, 2.75) is 20.0 Å². The number of benzene rings is 1. The minimum Gasteiger partial charge on any atom is -0.497 e. The summed E-state index contributed by atoms with van der Waals surface area (Å²) in [5, 5.41) is 0. The van der Waals surface area contributed by atoms with Crippen molar-refractivity contribution in [2.75, 3.05) is 12.8 Å². The minimum absolute atomic E-state index is 0.0113. The maximum absolute atomic E-state index is 5.83. The van der Waals surface area contributed by atoms with Gasteiger partial charge in [-0.3, -0.25) is 0 Å². The molecule has 0 aliphatic heterocycles. The smallest absolute Gasteiger partial charge is 0.240 e. The van der Waals surface area contributed by atoms with Crippen molar-refractivity contribution in [1.29, 1.82) is 0 Å². The molecule has 0 bridgehead atoms. The van der Waals surface area contributed by atoms with Crippen LogP contribution in [0.5, 0.6) is 23.3 Å². The quantitative estimate of drug-likeness (QED) is 0.880. The number of anilines is 1. The third-order valence-corrected chi connectivity index (χ3v) is 3.18. The number of nitrogens with two attached hydrogens (primary N) is 1. The molecule has 0 fully saturated rings. The fourth-order valence-corrected chi connectivity index (χ4v) is 2.05. The third kappa shape index (κ3) is 4.01. The number of halogens is 1. The van der Waals surface area contributed by atoms with Crippen LogP contribution < -0.4 is 19.9 Å². The molecule has 0 unspecified atom stereocenters. The summed E-state index contributed by atoms with van der Waals surface area (Å²) in [7, 11) is 1.61. The highest BCUT2D eigenvalue weighted by Crippen LogP contribution is 2.33. The first-order chi connectivity index (χ1) is 9.99. The maximum atomic E-state index is 5.83. The predicted molar refractivity (Wildman–Crippen MR) is 85.2 cm³/mol. The SMILES string of the molecule is COc1ccc(Oc2ccc(N)c(OC(C)C)n2)c(Br)c1. The van der Waals surface area contributed by atoms with Gasteiger partial charge < -0.3 is 19.9 Å². The van der Waals surface area contributed by atoms with Gasteiger partial charge >= 0.3 is 0 Å². The van der Waals surface area contributed by atoms with Crippen molar-refractivity contribution >= 4 is 21.6 Å². The van der Waals surface area contributed by atoms with Gasteiger partial charge in [-0.1, -0.05) is 0 Å². The van der Waals surface area contributed by atoms with E-state index in [2.05, 4.69) is 20.9 Å². The molecule has 0 spiro atoms. The molecular weight excluding hydrogens is 336 g/mol. The molecule has 2 aromatic rings. The Morgan fingerprint density at radius 1 is 1.19 bits per heavy atom. The lowest BCUT2D eigenvalue weighted by Crippen LogP contribution is -2.09. The molecule has 1 aromatic carbocycles. The second kappa shape index (κ2) is 6.67. The molecule has 1 heterocycles. The number of hydrogen-bond acceptors (Lipinski definition) is 5. The molecule has 6 heteroatoms. The Morgan fingerprint density at radius 2 is 1.95 bits per heavy atom. The molecule has 5 nitrogen and oxygen atoms in total. The monoisotopic (exact) mass is 352 g/mol. The number of ether oxygens (including phenoxy) is 3. The average molecular weight is 353 g/mol. The summed E-state index contributed by atoms with van der Waals surface area (Å²) in [6.07, 6.45) is -0.0113. The zero-order valence-corrected chi connectivity index (χ0v) is 13.7. The molecule has 0 radical (unpaired) electrons. The maximum Gasteiger partial charge on any atom is 0.240 e. The highest BCUT2D eigenvalue weighted by molar-refractivity contribution is 9.10. The minimum atomic E-state index is -0.0113. The average Bonchev–Trinajstić information content (AvgIpc) is 2.44. The topological polar surface area (TPSA) is 66.6 Å². The lowest BCUT2D eigenvalue weighted by molar-refractivity contribution is 0.232. The van der Waals surface area contributed by atoms with Gasteiger partial charge in [-0.2, -0.15) is 4.98 Å². The van der Waals surface area contributed by atoms with Gasteiger partial charge in [0.05, 0.1) is 23.4 Å². The number of rotatable bonds is 5. The van der Waals surface area contributed by atoms with E-state index in [0.29, 0.717) is 23.2 Å². The Balaban J connectivity index is 2.23. The van der Waals surface area contributed by atoms with E-state index >= 15 is 0 Å². The van der Waals surface area contributed by atoms with Crippen molar-refractivity contribution < 1.29 is 14.2 Å². The van der Waals surface area contributed by atoms with E-state index in [1.165, 1.54) is 0 Å². The molecule has 0 aliphatic carbocycles. The standard InChI is InChI=1S/C15H17BrN2O3/c1-9(2)20-15-12(17)5-7-14(18-15)21-13-6-4-10(19-3)8-11(13)16/h4-9H,17H2,1-3H3. The summed E-state index contributed by atoms with van der Waals surface area (Å²) in [4.78, 5) is 4.27. The van der Waals surface area contributed by atoms with E-state index in [9.17, 15) is 0 Å². The Hall–Kier alpha value is -1.95. The van der Waals surface area contributed by atoms with Crippen molar-refractivity contribution in [3.8, 4) is 23.3 Å². The lowest BCUT2D eigenvalue weighted by Gasteiger charge is -2.13. The summed E-state index contributed by atoms with van der Waals surface area (Å²) >= 11 is 3.43. The molecule has 0 atom stereocenters. The highest BCUT2D eigenvalue weighted by Gasteiger charge is 2.10. The van der Waals surface area contributed by atoms with E-state index in [1.54, 1.807) is 25.3 Å². The van der Waals surface area contributed by atoms with Crippen LogP contribution >= 0.6 is 15.9 Å². The second-order valence-electron chi connectivity index (χ2n) is 4.61. The normalized spacial score (nSPS) is 10.5. The van der Waals surface area contributed by atoms with Crippen LogP contribution in [0.2, 0.25) is 0 Å². The van der Waals surface area contributed by atoms with Gasteiger partial charge in [0.15, 0.2) is 0 Å². The summed E-state index contributed by atoms with van der Waals surface area (Å²) in [6.45, 7) is 3.82. The first-order valence-corrected chi connectivity index (χ1v) is 7.23. The largest absolute Gasteiger partial charge is 0.497 e. The van der Waals surface area contributed by atoms with Crippen LogP contribution in [0, 0.1) is 0 Å². The molecule has 112 valence electrons. The molecule has 2 rings (SSSR count). The van der Waals surface area contributed by atoms with Gasteiger partial charge in [0, 0.05) is 6.07 Å². The Kier molecular flexibility index (Phi) is 4.90. The number of nitrogens with zero attached hydrogens (tertiary/aromatic N) is 1. The molecule has 0 aliphatic rings. The third-order valence-electron chi connectivity index (χ3n) is 2.57. The van der Waals surface area contributed by atoms with Gasteiger partial charge in [-0.05, 0) is 54.0 Å². The zero-order chi connectivity index (χ0) is 15.4. The Bertz CT molecular complexity index is 632. The first kappa shape index (κ1) is 15.4. The number of methoxy groups -OCH3 is 1. The first-order valence-electron chi connectivity index (χ1n) is 6.44. The Labute approximate surface area is 132 Å². The summed E-state index contributed by atoms with van der Waals surface area (Å²) < 4.78 is 17.2. The van der Waals surface area contributed by atoms with Crippen LogP contribution in [-0.4, -0.2) is 18.2 Å². The van der Waals surface area contributed by atoms with Crippen LogP contribution in [0.15, 0.2) is 34.8 Å². The molecule has 0 saturated heterocycles. The summed E-state index contributed by atoms with van der Waals surface area (Å²) in [5.74, 6) is 2.14. The zero-order valence-electron chi connectivity index (χ0n) is 12.1. The Morgan fingerprint density at radius 3 is 2.57 bits per heavy atom. The van der Waals surface area contributed by atoms with Gasteiger partial charge in [-0.25, -0.2) is 0 Å². The predicted octanol–water partition coefficient (Wildman–Crippen LogP) is 4.01. The molecule has 21 heavy (non-hydrogen) atoms. The number of hydrogen-bond donors (Lipinski definition) is 1. The molecule has 0 amide bonds. The van der Waals surface area contributed by atoms with Crippen LogP contribution in [-0.2, 0) is 0 Å². The van der Waals surface area contributed by atoms with Crippen molar-refractivity contribution in [1.82, 2.24) is 4.98 Å². The summed E-state index contributed by atoms with van der Waals surface area (Å²) in [6, 6.07) is 8.82. The molecule has 2 N–H and O–H groups in total. The molecule has 0 saturated carbocycles. The van der Waals surface area contributed by atoms with E-state index in [4.69, 9.17) is 19.9 Å². The fourth-order valence-electron chi connectivity index (χ4n) is 1.61. The number of aromatic nitrogens is 1. The van der Waals surface area contributed by atoms with Gasteiger partial charge in [0.2, 0.25) is 11.8 Å². The van der Waals surface area contributed by atoms with Gasteiger partial charge in [0.25, 0.3) is 0 Å². The van der Waals surface area contributed by atoms with Crippen LogP contribution in [0.1, 0.15) is 13.8 Å². The second-order valence-corrected chi connectivity index (χ2v) is 5.46. The van der Waals surface area contributed by atoms with Crippen molar-refractivity contribution in [2.24, 2.45) is 0 Å². The summed E-state index contributed by atoms with van der Waals surface area (Å²) in [5.41, 5.74) is 6.31. The highest BCUT2D eigenvalue weighted by atomic mass is 79.9. The molecular formula is C15H17BrN2O3.